The minimum absolute atomic E-state index is 0.142. The minimum Gasteiger partial charge on any atom is -0.328 e. The van der Waals surface area contributed by atoms with Gasteiger partial charge in [-0.05, 0) is 37.6 Å². The number of hydrogen-bond acceptors (Lipinski definition) is 4. The number of imidazole rings is 1. The second-order valence-electron chi connectivity index (χ2n) is 8.11. The SMILES string of the molecule is C=C(C(=N)c1cc(Cl)c(F)cc1F)c1ccc2ncc(-c3cnc(C)n3CCCCC)cc2n1. The molecule has 4 rings (SSSR count). The molecule has 0 aliphatic rings. The second kappa shape index (κ2) is 9.81. The van der Waals surface area contributed by atoms with Crippen LogP contribution in [0.4, 0.5) is 8.78 Å². The number of benzene rings is 1. The van der Waals surface area contributed by atoms with Crippen LogP contribution in [0.2, 0.25) is 5.02 Å². The zero-order valence-electron chi connectivity index (χ0n) is 19.0. The fraction of sp³-hybridized carbons (Fsp3) is 0.231. The number of unbranched alkanes of at least 4 members (excludes halogenated alkanes) is 2. The average molecular weight is 480 g/mol. The fourth-order valence-corrected chi connectivity index (χ4v) is 3.98. The van der Waals surface area contributed by atoms with Crippen LogP contribution in [0.25, 0.3) is 27.9 Å². The van der Waals surface area contributed by atoms with E-state index in [1.54, 1.807) is 18.3 Å². The number of nitrogens with one attached hydrogen (secondary N) is 1. The molecule has 0 unspecified atom stereocenters. The number of rotatable bonds is 8. The van der Waals surface area contributed by atoms with E-state index in [0.717, 1.165) is 49.0 Å². The first-order valence-corrected chi connectivity index (χ1v) is 11.4. The summed E-state index contributed by atoms with van der Waals surface area (Å²) in [5.74, 6) is -0.827. The van der Waals surface area contributed by atoms with Crippen LogP contribution < -0.4 is 0 Å². The molecular weight excluding hydrogens is 456 g/mol. The Morgan fingerprint density at radius 1 is 1.06 bits per heavy atom. The van der Waals surface area contributed by atoms with Gasteiger partial charge in [-0.25, -0.2) is 18.7 Å². The van der Waals surface area contributed by atoms with Crippen LogP contribution in [-0.4, -0.2) is 25.2 Å². The first-order valence-electron chi connectivity index (χ1n) is 11.0. The Morgan fingerprint density at radius 2 is 1.85 bits per heavy atom. The molecular formula is C26H24ClF2N5. The van der Waals surface area contributed by atoms with Gasteiger partial charge in [-0.3, -0.25) is 10.4 Å². The van der Waals surface area contributed by atoms with E-state index in [4.69, 9.17) is 17.0 Å². The summed E-state index contributed by atoms with van der Waals surface area (Å²) in [7, 11) is 0. The molecule has 1 N–H and O–H groups in total. The smallest absolute Gasteiger partial charge is 0.144 e. The number of hydrogen-bond donors (Lipinski definition) is 1. The lowest BCUT2D eigenvalue weighted by atomic mass is 10.00. The lowest BCUT2D eigenvalue weighted by Gasteiger charge is -2.12. The highest BCUT2D eigenvalue weighted by atomic mass is 35.5. The summed E-state index contributed by atoms with van der Waals surface area (Å²) < 4.78 is 30.0. The highest BCUT2D eigenvalue weighted by Gasteiger charge is 2.17. The van der Waals surface area contributed by atoms with Crippen LogP contribution in [0.5, 0.6) is 0 Å². The maximum absolute atomic E-state index is 14.3. The Kier molecular flexibility index (Phi) is 6.84. The van der Waals surface area contributed by atoms with E-state index < -0.39 is 11.6 Å². The number of fused-ring (bicyclic) bond motifs is 1. The fourth-order valence-electron chi connectivity index (χ4n) is 3.82. The van der Waals surface area contributed by atoms with E-state index >= 15 is 0 Å². The van der Waals surface area contributed by atoms with Gasteiger partial charge in [0.15, 0.2) is 0 Å². The molecule has 0 saturated carbocycles. The molecule has 0 amide bonds. The number of allylic oxidation sites excluding steroid dienone is 1. The summed E-state index contributed by atoms with van der Waals surface area (Å²) in [4.78, 5) is 13.6. The number of aryl methyl sites for hydroxylation is 1. The van der Waals surface area contributed by atoms with Crippen molar-refractivity contribution in [1.29, 1.82) is 5.41 Å². The zero-order valence-corrected chi connectivity index (χ0v) is 19.8. The van der Waals surface area contributed by atoms with Crippen molar-refractivity contribution in [2.24, 2.45) is 0 Å². The monoisotopic (exact) mass is 479 g/mol. The van der Waals surface area contributed by atoms with E-state index in [0.29, 0.717) is 22.8 Å². The normalized spacial score (nSPS) is 11.2. The quantitative estimate of drug-likeness (QED) is 0.168. The molecule has 174 valence electrons. The van der Waals surface area contributed by atoms with Crippen molar-refractivity contribution in [3.63, 3.8) is 0 Å². The molecule has 3 heterocycles. The number of aromatic nitrogens is 4. The van der Waals surface area contributed by atoms with Crippen molar-refractivity contribution in [3.8, 4) is 11.3 Å². The molecule has 0 bridgehead atoms. The van der Waals surface area contributed by atoms with E-state index in [1.807, 2.05) is 19.2 Å². The van der Waals surface area contributed by atoms with Crippen molar-refractivity contribution in [2.45, 2.75) is 39.7 Å². The van der Waals surface area contributed by atoms with Gasteiger partial charge in [0.1, 0.15) is 17.5 Å². The Morgan fingerprint density at radius 3 is 2.62 bits per heavy atom. The molecule has 34 heavy (non-hydrogen) atoms. The van der Waals surface area contributed by atoms with Crippen LogP contribution >= 0.6 is 11.6 Å². The zero-order chi connectivity index (χ0) is 24.4. The first kappa shape index (κ1) is 23.7. The standard InChI is InChI=1S/C26H24ClF2N5/c1-4-5-6-9-34-16(3)31-14-25(34)17-10-24-23(32-13-17)8-7-22(33-24)15(2)26(30)18-11-19(27)21(29)12-20(18)28/h7-8,10-14,30H,2,4-6,9H2,1,3H3. The molecule has 0 aliphatic heterocycles. The molecule has 0 atom stereocenters. The van der Waals surface area contributed by atoms with E-state index in [2.05, 4.69) is 33.0 Å². The van der Waals surface area contributed by atoms with Gasteiger partial charge in [-0.2, -0.15) is 0 Å². The van der Waals surface area contributed by atoms with Gasteiger partial charge in [0.25, 0.3) is 0 Å². The summed E-state index contributed by atoms with van der Waals surface area (Å²) >= 11 is 5.79. The largest absolute Gasteiger partial charge is 0.328 e. The van der Waals surface area contributed by atoms with Crippen LogP contribution in [0.1, 0.15) is 43.3 Å². The number of halogens is 3. The van der Waals surface area contributed by atoms with Gasteiger partial charge in [0, 0.05) is 35.5 Å². The first-order chi connectivity index (χ1) is 16.3. The topological polar surface area (TPSA) is 67.5 Å². The molecule has 0 aliphatic carbocycles. The van der Waals surface area contributed by atoms with E-state index in [1.165, 1.54) is 0 Å². The molecule has 0 saturated heterocycles. The van der Waals surface area contributed by atoms with Gasteiger partial charge in [-0.1, -0.05) is 37.9 Å². The number of pyridine rings is 2. The molecule has 0 fully saturated rings. The summed E-state index contributed by atoms with van der Waals surface area (Å²) in [6, 6.07) is 7.12. The Hall–Kier alpha value is -3.45. The third-order valence-electron chi connectivity index (χ3n) is 5.76. The Balaban J connectivity index is 1.68. The predicted octanol–water partition coefficient (Wildman–Crippen LogP) is 7.00. The molecule has 0 radical (unpaired) electrons. The van der Waals surface area contributed by atoms with E-state index in [-0.39, 0.29) is 21.9 Å². The highest BCUT2D eigenvalue weighted by molar-refractivity contribution is 6.33. The predicted molar refractivity (Wildman–Crippen MR) is 132 cm³/mol. The lowest BCUT2D eigenvalue weighted by molar-refractivity contribution is 0.582. The van der Waals surface area contributed by atoms with E-state index in [9.17, 15) is 8.78 Å². The highest BCUT2D eigenvalue weighted by Crippen LogP contribution is 2.27. The molecule has 5 nitrogen and oxygen atoms in total. The summed E-state index contributed by atoms with van der Waals surface area (Å²) in [6.45, 7) is 8.95. The number of nitrogens with zero attached hydrogens (tertiary/aromatic N) is 4. The third-order valence-corrected chi connectivity index (χ3v) is 6.05. The maximum Gasteiger partial charge on any atom is 0.144 e. The second-order valence-corrected chi connectivity index (χ2v) is 8.52. The van der Waals surface area contributed by atoms with Crippen molar-refractivity contribution in [2.75, 3.05) is 0 Å². The molecule has 8 heteroatoms. The van der Waals surface area contributed by atoms with Gasteiger partial charge in [0.05, 0.1) is 39.4 Å². The van der Waals surface area contributed by atoms with Crippen LogP contribution in [0.3, 0.4) is 0 Å². The van der Waals surface area contributed by atoms with Crippen LogP contribution in [-0.2, 0) is 6.54 Å². The van der Waals surface area contributed by atoms with Crippen LogP contribution in [0, 0.1) is 24.0 Å². The Bertz CT molecular complexity index is 1410. The van der Waals surface area contributed by atoms with Crippen LogP contribution in [0.15, 0.2) is 49.3 Å². The Labute approximate surface area is 201 Å². The van der Waals surface area contributed by atoms with Crippen molar-refractivity contribution in [3.05, 3.63) is 83.0 Å². The summed E-state index contributed by atoms with van der Waals surface area (Å²) in [5.41, 5.74) is 3.35. The van der Waals surface area contributed by atoms with Crippen molar-refractivity contribution >= 4 is 33.9 Å². The van der Waals surface area contributed by atoms with Gasteiger partial charge >= 0.3 is 0 Å². The average Bonchev–Trinajstić information content (AvgIpc) is 3.20. The molecule has 0 spiro atoms. The van der Waals surface area contributed by atoms with Crippen molar-refractivity contribution in [1.82, 2.24) is 19.5 Å². The minimum atomic E-state index is -0.885. The summed E-state index contributed by atoms with van der Waals surface area (Å²) in [5, 5.41) is 8.13. The third kappa shape index (κ3) is 4.61. The van der Waals surface area contributed by atoms with Gasteiger partial charge < -0.3 is 4.57 Å². The van der Waals surface area contributed by atoms with Gasteiger partial charge in [-0.15, -0.1) is 0 Å². The van der Waals surface area contributed by atoms with Crippen molar-refractivity contribution < 1.29 is 8.78 Å². The maximum atomic E-state index is 14.3. The molecule has 1 aromatic carbocycles. The van der Waals surface area contributed by atoms with Gasteiger partial charge in [0.2, 0.25) is 0 Å². The molecule has 4 aromatic rings. The molecule has 3 aromatic heterocycles. The summed E-state index contributed by atoms with van der Waals surface area (Å²) in [6.07, 6.45) is 6.98. The lowest BCUT2D eigenvalue weighted by Crippen LogP contribution is -2.07.